The number of hydrogen-bond donors (Lipinski definition) is 0. The second-order valence-electron chi connectivity index (χ2n) is 5.17. The van der Waals surface area contributed by atoms with E-state index in [2.05, 4.69) is 4.98 Å². The Hall–Kier alpha value is -2.22. The Morgan fingerprint density at radius 2 is 2.09 bits per heavy atom. The maximum absolute atomic E-state index is 12.5. The fourth-order valence-electron chi connectivity index (χ4n) is 2.08. The van der Waals surface area contributed by atoms with Gasteiger partial charge in [-0.3, -0.25) is 14.2 Å². The fourth-order valence-corrected chi connectivity index (χ4v) is 3.10. The molecule has 8 heteroatoms. The van der Waals surface area contributed by atoms with Crippen molar-refractivity contribution in [3.63, 3.8) is 0 Å². The molecular formula is C15H18N2O5S. The van der Waals surface area contributed by atoms with Crippen molar-refractivity contribution in [3.05, 3.63) is 27.1 Å². The molecule has 0 aliphatic carbocycles. The van der Waals surface area contributed by atoms with Gasteiger partial charge in [0.05, 0.1) is 24.4 Å². The normalized spacial score (nSPS) is 11.0. The molecule has 0 N–H and O–H groups in total. The minimum Gasteiger partial charge on any atom is -0.465 e. The number of ether oxygens (including phenoxy) is 2. The summed E-state index contributed by atoms with van der Waals surface area (Å²) in [5.74, 6) is -0.986. The summed E-state index contributed by atoms with van der Waals surface area (Å²) in [4.78, 5) is 41.1. The molecule has 0 aromatic carbocycles. The number of thiophene rings is 1. The Labute approximate surface area is 136 Å². The second-order valence-corrected chi connectivity index (χ2v) is 6.17. The lowest BCUT2D eigenvalue weighted by molar-refractivity contribution is -0.143. The van der Waals surface area contributed by atoms with Gasteiger partial charge in [0.2, 0.25) is 0 Å². The Balaban J connectivity index is 2.45. The van der Waals surface area contributed by atoms with Crippen LogP contribution in [0, 0.1) is 6.92 Å². The fraction of sp³-hybridized carbons (Fsp3) is 0.467. The average Bonchev–Trinajstić information content (AvgIpc) is 2.79. The zero-order chi connectivity index (χ0) is 17.1. The molecule has 0 saturated carbocycles. The third-order valence-electron chi connectivity index (χ3n) is 3.05. The van der Waals surface area contributed by atoms with Crippen LogP contribution in [0.4, 0.5) is 0 Å². The molecule has 0 fully saturated rings. The standard InChI is InChI=1S/C15H18N2O5S/c1-5-21-10(18)6-17-7-16-13-11(14(17)19)9(4)12(23-13)15(20)22-8(2)3/h7-8H,5-6H2,1-4H3. The van der Waals surface area contributed by atoms with Crippen LogP contribution < -0.4 is 5.56 Å². The molecule has 0 amide bonds. The van der Waals surface area contributed by atoms with Crippen molar-refractivity contribution in [1.29, 1.82) is 0 Å². The first kappa shape index (κ1) is 17.1. The Kier molecular flexibility index (Phi) is 5.15. The van der Waals surface area contributed by atoms with E-state index in [0.717, 1.165) is 11.3 Å². The topological polar surface area (TPSA) is 87.5 Å². The van der Waals surface area contributed by atoms with Crippen LogP contribution in [0.3, 0.4) is 0 Å². The first-order valence-corrected chi connectivity index (χ1v) is 8.01. The second kappa shape index (κ2) is 6.91. The van der Waals surface area contributed by atoms with Crippen molar-refractivity contribution in [2.45, 2.75) is 40.3 Å². The predicted molar refractivity (Wildman–Crippen MR) is 85.8 cm³/mol. The lowest BCUT2D eigenvalue weighted by Gasteiger charge is -2.06. The molecule has 23 heavy (non-hydrogen) atoms. The van der Waals surface area contributed by atoms with Gasteiger partial charge in [0.15, 0.2) is 0 Å². The highest BCUT2D eigenvalue weighted by Gasteiger charge is 2.21. The van der Waals surface area contributed by atoms with E-state index < -0.39 is 11.9 Å². The van der Waals surface area contributed by atoms with Crippen LogP contribution in [0.25, 0.3) is 10.2 Å². The molecule has 0 saturated heterocycles. The Morgan fingerprint density at radius 3 is 2.70 bits per heavy atom. The molecule has 0 spiro atoms. The molecule has 2 heterocycles. The molecule has 124 valence electrons. The zero-order valence-corrected chi connectivity index (χ0v) is 14.2. The summed E-state index contributed by atoms with van der Waals surface area (Å²) in [6.07, 6.45) is 1.04. The zero-order valence-electron chi connectivity index (χ0n) is 13.4. The van der Waals surface area contributed by atoms with Crippen LogP contribution in [0.15, 0.2) is 11.1 Å². The summed E-state index contributed by atoms with van der Waals surface area (Å²) in [6, 6.07) is 0. The lowest BCUT2D eigenvalue weighted by atomic mass is 10.2. The van der Waals surface area contributed by atoms with Crippen molar-refractivity contribution in [1.82, 2.24) is 9.55 Å². The van der Waals surface area contributed by atoms with Gasteiger partial charge in [-0.1, -0.05) is 0 Å². The first-order chi connectivity index (χ1) is 10.8. The number of esters is 2. The third kappa shape index (κ3) is 3.58. The van der Waals surface area contributed by atoms with Crippen LogP contribution in [-0.4, -0.2) is 34.2 Å². The summed E-state index contributed by atoms with van der Waals surface area (Å²) in [5, 5.41) is 0.331. The SMILES string of the molecule is CCOC(=O)Cn1cnc2sc(C(=O)OC(C)C)c(C)c2c1=O. The van der Waals surface area contributed by atoms with Gasteiger partial charge in [0.1, 0.15) is 16.3 Å². The molecule has 2 aromatic heterocycles. The van der Waals surface area contributed by atoms with Crippen molar-refractivity contribution in [3.8, 4) is 0 Å². The number of aryl methyl sites for hydroxylation is 1. The molecule has 7 nitrogen and oxygen atoms in total. The van der Waals surface area contributed by atoms with E-state index in [4.69, 9.17) is 9.47 Å². The van der Waals surface area contributed by atoms with E-state index in [1.54, 1.807) is 27.7 Å². The van der Waals surface area contributed by atoms with Crippen molar-refractivity contribution < 1.29 is 19.1 Å². The van der Waals surface area contributed by atoms with Gasteiger partial charge < -0.3 is 9.47 Å². The van der Waals surface area contributed by atoms with Crippen LogP contribution in [0.2, 0.25) is 0 Å². The third-order valence-corrected chi connectivity index (χ3v) is 4.23. The molecule has 0 aliphatic heterocycles. The smallest absolute Gasteiger partial charge is 0.348 e. The largest absolute Gasteiger partial charge is 0.465 e. The van der Waals surface area contributed by atoms with Gasteiger partial charge in [-0.25, -0.2) is 9.78 Å². The van der Waals surface area contributed by atoms with Crippen molar-refractivity contribution in [2.24, 2.45) is 0 Å². The number of aromatic nitrogens is 2. The summed E-state index contributed by atoms with van der Waals surface area (Å²) in [7, 11) is 0. The van der Waals surface area contributed by atoms with Gasteiger partial charge in [0.25, 0.3) is 5.56 Å². The number of carbonyl (C=O) groups excluding carboxylic acids is 2. The van der Waals surface area contributed by atoms with Gasteiger partial charge in [-0.2, -0.15) is 0 Å². The molecule has 2 rings (SSSR count). The molecule has 0 radical (unpaired) electrons. The summed E-state index contributed by atoms with van der Waals surface area (Å²) < 4.78 is 11.2. The van der Waals surface area contributed by atoms with E-state index in [1.807, 2.05) is 0 Å². The van der Waals surface area contributed by atoms with Crippen LogP contribution >= 0.6 is 11.3 Å². The van der Waals surface area contributed by atoms with E-state index in [9.17, 15) is 14.4 Å². The number of carbonyl (C=O) groups is 2. The minimum atomic E-state index is -0.511. The maximum atomic E-state index is 12.5. The molecule has 0 atom stereocenters. The minimum absolute atomic E-state index is 0.212. The Morgan fingerprint density at radius 1 is 1.39 bits per heavy atom. The van der Waals surface area contributed by atoms with E-state index >= 15 is 0 Å². The van der Waals surface area contributed by atoms with Crippen molar-refractivity contribution >= 4 is 33.5 Å². The molecule has 0 aliphatic rings. The quantitative estimate of drug-likeness (QED) is 0.774. The van der Waals surface area contributed by atoms with Crippen molar-refractivity contribution in [2.75, 3.05) is 6.61 Å². The van der Waals surface area contributed by atoms with Crippen LogP contribution in [0.1, 0.15) is 36.0 Å². The van der Waals surface area contributed by atoms with Gasteiger partial charge in [0, 0.05) is 0 Å². The van der Waals surface area contributed by atoms with Gasteiger partial charge >= 0.3 is 11.9 Å². The van der Waals surface area contributed by atoms with Crippen LogP contribution in [0.5, 0.6) is 0 Å². The van der Waals surface area contributed by atoms with Crippen LogP contribution in [-0.2, 0) is 20.8 Å². The monoisotopic (exact) mass is 338 g/mol. The average molecular weight is 338 g/mol. The van der Waals surface area contributed by atoms with Gasteiger partial charge in [-0.15, -0.1) is 11.3 Å². The summed E-state index contributed by atoms with van der Waals surface area (Å²) in [5.41, 5.74) is 0.145. The molecular weight excluding hydrogens is 320 g/mol. The van der Waals surface area contributed by atoms with Gasteiger partial charge in [-0.05, 0) is 33.3 Å². The highest BCUT2D eigenvalue weighted by Crippen LogP contribution is 2.27. The van der Waals surface area contributed by atoms with E-state index in [-0.39, 0.29) is 24.8 Å². The number of hydrogen-bond acceptors (Lipinski definition) is 7. The molecule has 2 aromatic rings. The summed E-state index contributed by atoms with van der Waals surface area (Å²) in [6.45, 7) is 6.91. The molecule has 0 bridgehead atoms. The first-order valence-electron chi connectivity index (χ1n) is 7.20. The highest BCUT2D eigenvalue weighted by atomic mass is 32.1. The lowest BCUT2D eigenvalue weighted by Crippen LogP contribution is -2.25. The van der Waals surface area contributed by atoms with E-state index in [0.29, 0.717) is 20.7 Å². The summed E-state index contributed by atoms with van der Waals surface area (Å²) >= 11 is 1.11. The highest BCUT2D eigenvalue weighted by molar-refractivity contribution is 7.20. The van der Waals surface area contributed by atoms with E-state index in [1.165, 1.54) is 10.9 Å². The number of fused-ring (bicyclic) bond motifs is 1. The maximum Gasteiger partial charge on any atom is 0.348 e. The number of rotatable bonds is 5. The molecule has 0 unspecified atom stereocenters. The number of nitrogens with zero attached hydrogens (tertiary/aromatic N) is 2. The Bertz CT molecular complexity index is 806. The predicted octanol–water partition coefficient (Wildman–Crippen LogP) is 1.89.